The maximum Gasteiger partial charge on any atom is 0.408 e. The van der Waals surface area contributed by atoms with Crippen LogP contribution in [-0.2, 0) is 42.8 Å². The molecule has 15 heteroatoms. The first kappa shape index (κ1) is 46.4. The highest BCUT2D eigenvalue weighted by Gasteiger charge is 2.78. The smallest absolute Gasteiger partial charge is 0.408 e. The van der Waals surface area contributed by atoms with Gasteiger partial charge in [0.25, 0.3) is 0 Å². The molecule has 2 bridgehead atoms. The van der Waals surface area contributed by atoms with Crippen LogP contribution in [0.2, 0.25) is 0 Å². The molecule has 1 saturated heterocycles. The number of aliphatic hydroxyl groups excluding tert-OH is 2. The van der Waals surface area contributed by atoms with Crippen molar-refractivity contribution >= 4 is 29.8 Å². The average molecular weight is 862 g/mol. The van der Waals surface area contributed by atoms with Crippen molar-refractivity contribution in [2.75, 3.05) is 6.61 Å². The van der Waals surface area contributed by atoms with Gasteiger partial charge in [0.2, 0.25) is 0 Å². The van der Waals surface area contributed by atoms with Crippen molar-refractivity contribution < 1.29 is 67.7 Å². The van der Waals surface area contributed by atoms with Crippen LogP contribution in [0.1, 0.15) is 104 Å². The van der Waals surface area contributed by atoms with Crippen LogP contribution < -0.4 is 5.32 Å². The highest BCUT2D eigenvalue weighted by Crippen LogP contribution is 2.64. The molecule has 2 aromatic rings. The third-order valence-electron chi connectivity index (χ3n) is 13.2. The van der Waals surface area contributed by atoms with Gasteiger partial charge in [-0.15, -0.1) is 0 Å². The summed E-state index contributed by atoms with van der Waals surface area (Å²) < 4.78 is 36.6. The highest BCUT2D eigenvalue weighted by molar-refractivity contribution is 5.94. The minimum Gasteiger partial charge on any atom is -0.487 e. The van der Waals surface area contributed by atoms with E-state index in [0.717, 1.165) is 0 Å². The number of carbonyl (C=O) groups excluding carboxylic acids is 5. The lowest BCUT2D eigenvalue weighted by molar-refractivity contribution is -0.346. The molecule has 2 aromatic carbocycles. The molecule has 62 heavy (non-hydrogen) atoms. The number of ether oxygens (including phenoxy) is 6. The number of carbonyl (C=O) groups is 5. The van der Waals surface area contributed by atoms with Gasteiger partial charge in [-0.25, -0.2) is 9.59 Å². The van der Waals surface area contributed by atoms with Gasteiger partial charge in [-0.2, -0.15) is 0 Å². The van der Waals surface area contributed by atoms with E-state index in [4.69, 9.17) is 28.4 Å². The van der Waals surface area contributed by atoms with E-state index >= 15 is 4.79 Å². The molecule has 1 amide bonds. The van der Waals surface area contributed by atoms with Crippen LogP contribution in [0.5, 0.6) is 0 Å². The van der Waals surface area contributed by atoms with Crippen molar-refractivity contribution in [3.63, 3.8) is 0 Å². The van der Waals surface area contributed by atoms with E-state index in [2.05, 4.69) is 11.9 Å². The molecule has 4 aliphatic rings. The summed E-state index contributed by atoms with van der Waals surface area (Å²) in [5, 5.41) is 40.8. The molecule has 0 spiro atoms. The summed E-state index contributed by atoms with van der Waals surface area (Å²) in [6, 6.07) is 15.5. The second kappa shape index (κ2) is 16.9. The standard InChI is InChI=1S/C47H59NO14/c1-11-33(51)59-37(35(28-18-14-12-15-19-28)48-42(55)62-43(5,6)7)26(3)58-30-23-47(56)40(60-41(54)29-20-16-13-17-21-29)38-45(10,39(53)36(52)34(25(30)2)44(47,8)9)31(50)22-32-46(38,24-57-32)61-27(4)49/h12-21,30-32,35-38,40,50,52,56H,3,11,22-24H2,1-2,4-10H3,(H,48,55)/t30-,31-,32+,35-,36+,37-,38?,40-,45+,46-,47+/m0/s1. The minimum absolute atomic E-state index is 0.0313. The Kier molecular flexibility index (Phi) is 12.6. The zero-order chi connectivity index (χ0) is 45.7. The topological polar surface area (TPSA) is 213 Å². The van der Waals surface area contributed by atoms with Gasteiger partial charge in [0.15, 0.2) is 17.5 Å². The zero-order valence-electron chi connectivity index (χ0n) is 36.8. The molecule has 3 aliphatic carbocycles. The number of ketones is 1. The van der Waals surface area contributed by atoms with Gasteiger partial charge in [0.05, 0.1) is 29.6 Å². The number of hydrogen-bond donors (Lipinski definition) is 4. The number of esters is 3. The lowest BCUT2D eigenvalue weighted by atomic mass is 9.44. The molecule has 336 valence electrons. The van der Waals surface area contributed by atoms with Crippen LogP contribution in [-0.4, -0.2) is 105 Å². The molecule has 15 nitrogen and oxygen atoms in total. The molecule has 1 aliphatic heterocycles. The molecule has 1 unspecified atom stereocenters. The van der Waals surface area contributed by atoms with Crippen molar-refractivity contribution in [3.8, 4) is 0 Å². The van der Waals surface area contributed by atoms with Gasteiger partial charge in [0, 0.05) is 31.6 Å². The number of Topliss-reactive ketones (excluding diaryl/α,β-unsaturated/α-hetero) is 1. The van der Waals surface area contributed by atoms with Gasteiger partial charge < -0.3 is 49.1 Å². The van der Waals surface area contributed by atoms with Crippen LogP contribution in [0.15, 0.2) is 84.1 Å². The Morgan fingerprint density at radius 2 is 1.60 bits per heavy atom. The Balaban J connectivity index is 1.53. The van der Waals surface area contributed by atoms with Gasteiger partial charge >= 0.3 is 24.0 Å². The second-order valence-corrected chi connectivity index (χ2v) is 18.5. The quantitative estimate of drug-likeness (QED) is 0.0989. The predicted molar refractivity (Wildman–Crippen MR) is 222 cm³/mol. The molecular weight excluding hydrogens is 803 g/mol. The third kappa shape index (κ3) is 8.04. The van der Waals surface area contributed by atoms with Crippen LogP contribution in [0.4, 0.5) is 4.79 Å². The number of nitrogens with one attached hydrogen (secondary N) is 1. The maximum absolute atomic E-state index is 15.1. The summed E-state index contributed by atoms with van der Waals surface area (Å²) in [4.78, 5) is 68.8. The van der Waals surface area contributed by atoms with Crippen LogP contribution >= 0.6 is 0 Å². The average Bonchev–Trinajstić information content (AvgIpc) is 3.20. The van der Waals surface area contributed by atoms with Gasteiger partial charge in [-0.3, -0.25) is 14.4 Å². The third-order valence-corrected chi connectivity index (χ3v) is 13.2. The second-order valence-electron chi connectivity index (χ2n) is 18.5. The summed E-state index contributed by atoms with van der Waals surface area (Å²) in [7, 11) is 0. The van der Waals surface area contributed by atoms with E-state index in [1.165, 1.54) is 26.0 Å². The van der Waals surface area contributed by atoms with Crippen molar-refractivity contribution in [2.45, 2.75) is 141 Å². The van der Waals surface area contributed by atoms with Gasteiger partial charge in [-0.1, -0.05) is 75.9 Å². The number of hydrogen-bond acceptors (Lipinski definition) is 14. The fraction of sp³-hybridized carbons (Fsp3) is 0.553. The molecule has 0 radical (unpaired) electrons. The van der Waals surface area contributed by atoms with Crippen LogP contribution in [0, 0.1) is 16.7 Å². The molecule has 1 heterocycles. The van der Waals surface area contributed by atoms with Crippen molar-refractivity contribution in [1.82, 2.24) is 5.32 Å². The fourth-order valence-corrected chi connectivity index (χ4v) is 10.00. The molecule has 6 rings (SSSR count). The number of rotatable bonds is 11. The SMILES string of the molecule is C=C(O[C@H]1C[C@@]2(O)[C@@H](OC(=O)c3ccccc3)C3[C@](C)(C(=O)[C@H](O)C(=C1C)C2(C)C)[C@@H](O)C[C@H]1OC[C@@]31OC(C)=O)[C@H](OC(=O)CC)[C@@H](NC(=O)OC(C)(C)C)c1ccccc1. The summed E-state index contributed by atoms with van der Waals surface area (Å²) in [6.45, 7) is 18.0. The van der Waals surface area contributed by atoms with Gasteiger partial charge in [0.1, 0.15) is 47.4 Å². The zero-order valence-corrected chi connectivity index (χ0v) is 36.8. The highest BCUT2D eigenvalue weighted by atomic mass is 16.6. The first-order valence-electron chi connectivity index (χ1n) is 20.9. The van der Waals surface area contributed by atoms with E-state index in [9.17, 15) is 34.5 Å². The molecule has 0 aromatic heterocycles. The monoisotopic (exact) mass is 861 g/mol. The van der Waals surface area contributed by atoms with Crippen LogP contribution in [0.3, 0.4) is 0 Å². The van der Waals surface area contributed by atoms with E-state index in [1.54, 1.807) is 97.0 Å². The number of aliphatic hydroxyl groups is 3. The predicted octanol–water partition coefficient (Wildman–Crippen LogP) is 5.21. The van der Waals surface area contributed by atoms with E-state index in [0.29, 0.717) is 11.1 Å². The van der Waals surface area contributed by atoms with Gasteiger partial charge in [-0.05, 0) is 63.5 Å². The van der Waals surface area contributed by atoms with E-state index in [-0.39, 0.29) is 36.3 Å². The molecule has 3 fully saturated rings. The van der Waals surface area contributed by atoms with Crippen molar-refractivity contribution in [2.24, 2.45) is 16.7 Å². The Morgan fingerprint density at radius 1 is 0.984 bits per heavy atom. The molecule has 2 saturated carbocycles. The largest absolute Gasteiger partial charge is 0.487 e. The fourth-order valence-electron chi connectivity index (χ4n) is 10.00. The Morgan fingerprint density at radius 3 is 2.15 bits per heavy atom. The lowest BCUT2D eigenvalue weighted by Gasteiger charge is -2.67. The number of fused-ring (bicyclic) bond motifs is 5. The summed E-state index contributed by atoms with van der Waals surface area (Å²) >= 11 is 0. The number of amides is 1. The first-order chi connectivity index (χ1) is 28.9. The first-order valence-corrected chi connectivity index (χ1v) is 20.9. The van der Waals surface area contributed by atoms with E-state index < -0.39 is 112 Å². The Labute approximate surface area is 361 Å². The Bertz CT molecular complexity index is 2110. The summed E-state index contributed by atoms with van der Waals surface area (Å²) in [5.74, 6) is -4.82. The summed E-state index contributed by atoms with van der Waals surface area (Å²) in [5.41, 5.74) is -7.50. The molecule has 4 N–H and O–H groups in total. The van der Waals surface area contributed by atoms with Crippen LogP contribution in [0.25, 0.3) is 0 Å². The summed E-state index contributed by atoms with van der Waals surface area (Å²) in [6.07, 6.45) is -10.3. The minimum atomic E-state index is -2.28. The number of alkyl carbamates (subject to hydrolysis) is 1. The van der Waals surface area contributed by atoms with Crippen molar-refractivity contribution in [1.29, 1.82) is 0 Å². The van der Waals surface area contributed by atoms with Crippen molar-refractivity contribution in [3.05, 3.63) is 95.3 Å². The lowest BCUT2D eigenvalue weighted by Crippen LogP contribution is -2.81. The number of benzene rings is 2. The normalized spacial score (nSPS) is 32.2. The maximum atomic E-state index is 15.1. The molecule has 11 atom stereocenters. The Hall–Kier alpha value is -5.09. The molecular formula is C47H59NO14. The van der Waals surface area contributed by atoms with E-state index in [1.807, 2.05) is 0 Å².